The molecule has 2 aromatic rings. The van der Waals surface area contributed by atoms with Crippen molar-refractivity contribution in [2.45, 2.75) is 32.4 Å². The maximum Gasteiger partial charge on any atom is 0.344 e. The maximum atomic E-state index is 12.3. The van der Waals surface area contributed by atoms with Gasteiger partial charge in [-0.2, -0.15) is 0 Å². The van der Waals surface area contributed by atoms with Crippen molar-refractivity contribution in [1.29, 1.82) is 0 Å². The first kappa shape index (κ1) is 22.0. The predicted octanol–water partition coefficient (Wildman–Crippen LogP) is 1.55. The van der Waals surface area contributed by atoms with Crippen molar-refractivity contribution in [3.8, 4) is 17.4 Å². The molecule has 4 N–H and O–H groups in total. The first-order chi connectivity index (χ1) is 13.8. The lowest BCUT2D eigenvalue weighted by Crippen LogP contribution is -2.36. The number of ether oxygens (including phenoxy) is 3. The Morgan fingerprint density at radius 2 is 1.97 bits per heavy atom. The second-order valence-electron chi connectivity index (χ2n) is 6.27. The third-order valence-electron chi connectivity index (χ3n) is 3.84. The summed E-state index contributed by atoms with van der Waals surface area (Å²) in [5, 5.41) is 18.8. The van der Waals surface area contributed by atoms with E-state index in [-0.39, 0.29) is 36.0 Å². The van der Waals surface area contributed by atoms with Gasteiger partial charge >= 0.3 is 11.9 Å². The summed E-state index contributed by atoms with van der Waals surface area (Å²) >= 11 is 0. The summed E-state index contributed by atoms with van der Waals surface area (Å²) in [6, 6.07) is 6.29. The Morgan fingerprint density at radius 3 is 2.66 bits per heavy atom. The molecule has 0 spiro atoms. The van der Waals surface area contributed by atoms with Crippen LogP contribution in [-0.4, -0.2) is 52.5 Å². The van der Waals surface area contributed by atoms with Gasteiger partial charge < -0.3 is 30.2 Å². The average molecular weight is 404 g/mol. The fraction of sp³-hybridized carbons (Fsp3) is 0.350. The van der Waals surface area contributed by atoms with Crippen molar-refractivity contribution in [2.75, 3.05) is 13.2 Å². The van der Waals surface area contributed by atoms with Gasteiger partial charge in [-0.3, -0.25) is 4.79 Å². The number of esters is 2. The first-order valence-electron chi connectivity index (χ1n) is 9.03. The number of carbonyl (C=O) groups is 2. The molecule has 0 aliphatic carbocycles. The van der Waals surface area contributed by atoms with E-state index in [1.165, 1.54) is 30.5 Å². The molecule has 9 nitrogen and oxygen atoms in total. The molecule has 2 atom stereocenters. The molecule has 0 aliphatic rings. The van der Waals surface area contributed by atoms with Gasteiger partial charge in [-0.1, -0.05) is 6.07 Å². The minimum absolute atomic E-state index is 0.105. The van der Waals surface area contributed by atoms with E-state index in [1.54, 1.807) is 19.9 Å². The molecule has 1 heterocycles. The molecular formula is C20H24N2O7. The third-order valence-corrected chi connectivity index (χ3v) is 3.84. The van der Waals surface area contributed by atoms with E-state index in [0.29, 0.717) is 12.2 Å². The number of aromatic hydroxyl groups is 2. The molecule has 29 heavy (non-hydrogen) atoms. The third kappa shape index (κ3) is 6.35. The van der Waals surface area contributed by atoms with Crippen molar-refractivity contribution in [2.24, 2.45) is 5.73 Å². The van der Waals surface area contributed by atoms with Gasteiger partial charge in [0.25, 0.3) is 0 Å². The average Bonchev–Trinajstić information content (AvgIpc) is 2.69. The van der Waals surface area contributed by atoms with Crippen molar-refractivity contribution >= 4 is 11.9 Å². The van der Waals surface area contributed by atoms with E-state index in [9.17, 15) is 19.8 Å². The second kappa shape index (κ2) is 10.3. The molecule has 1 aromatic carbocycles. The molecule has 0 aliphatic heterocycles. The Balaban J connectivity index is 1.84. The van der Waals surface area contributed by atoms with E-state index >= 15 is 0 Å². The summed E-state index contributed by atoms with van der Waals surface area (Å²) in [5.74, 6) is -1.72. The fourth-order valence-corrected chi connectivity index (χ4v) is 2.42. The number of hydrogen-bond donors (Lipinski definition) is 3. The van der Waals surface area contributed by atoms with Crippen LogP contribution in [0.4, 0.5) is 0 Å². The Bertz CT molecular complexity index is 856. The van der Waals surface area contributed by atoms with Gasteiger partial charge in [-0.25, -0.2) is 9.78 Å². The van der Waals surface area contributed by atoms with E-state index < -0.39 is 24.1 Å². The molecule has 0 saturated heterocycles. The van der Waals surface area contributed by atoms with Gasteiger partial charge in [0.2, 0.25) is 5.88 Å². The second-order valence-corrected chi connectivity index (χ2v) is 6.27. The van der Waals surface area contributed by atoms with Crippen LogP contribution >= 0.6 is 0 Å². The SMILES string of the molecule is CCOc1ncccc1C(=O)O[C@@H](C)COC(=O)[C@@H](N)Cc1ccc(O)c(O)c1. The number of carbonyl (C=O) groups excluding carboxylic acids is 2. The number of benzene rings is 1. The molecular weight excluding hydrogens is 380 g/mol. The van der Waals surface area contributed by atoms with Crippen LogP contribution in [0.15, 0.2) is 36.5 Å². The van der Waals surface area contributed by atoms with Crippen LogP contribution in [0, 0.1) is 0 Å². The maximum absolute atomic E-state index is 12.3. The molecule has 0 unspecified atom stereocenters. The molecule has 0 bridgehead atoms. The largest absolute Gasteiger partial charge is 0.504 e. The minimum atomic E-state index is -0.982. The normalized spacial score (nSPS) is 12.7. The first-order valence-corrected chi connectivity index (χ1v) is 9.03. The van der Waals surface area contributed by atoms with Gasteiger partial charge in [0.05, 0.1) is 6.61 Å². The van der Waals surface area contributed by atoms with Gasteiger partial charge in [0.15, 0.2) is 11.5 Å². The molecule has 0 fully saturated rings. The van der Waals surface area contributed by atoms with Crippen molar-refractivity contribution in [1.82, 2.24) is 4.98 Å². The lowest BCUT2D eigenvalue weighted by atomic mass is 10.1. The van der Waals surface area contributed by atoms with Crippen LogP contribution in [0.1, 0.15) is 29.8 Å². The number of phenols is 2. The van der Waals surface area contributed by atoms with Crippen molar-refractivity contribution < 1.29 is 34.0 Å². The van der Waals surface area contributed by atoms with Gasteiger partial charge in [-0.05, 0) is 50.1 Å². The standard InChI is InChI=1S/C20H24N2O7/c1-3-27-18-14(5-4-8-22-18)19(25)29-12(2)11-28-20(26)15(21)9-13-6-7-16(23)17(24)10-13/h4-8,10,12,15,23-24H,3,9,11,21H2,1-2H3/t12-,15-/m0/s1. The number of hydrogen-bond acceptors (Lipinski definition) is 9. The Labute approximate surface area is 168 Å². The minimum Gasteiger partial charge on any atom is -0.504 e. The lowest BCUT2D eigenvalue weighted by molar-refractivity contribution is -0.148. The highest BCUT2D eigenvalue weighted by molar-refractivity contribution is 5.91. The fourth-order valence-electron chi connectivity index (χ4n) is 2.42. The molecule has 0 amide bonds. The number of nitrogens with two attached hydrogens (primary N) is 1. The number of aromatic nitrogens is 1. The van der Waals surface area contributed by atoms with E-state index in [4.69, 9.17) is 19.9 Å². The van der Waals surface area contributed by atoms with Gasteiger partial charge in [0.1, 0.15) is 24.3 Å². The van der Waals surface area contributed by atoms with Gasteiger partial charge in [-0.15, -0.1) is 0 Å². The molecule has 1 aromatic heterocycles. The summed E-state index contributed by atoms with van der Waals surface area (Å²) < 4.78 is 15.7. The number of phenolic OH excluding ortho intramolecular Hbond substituents is 2. The highest BCUT2D eigenvalue weighted by Crippen LogP contribution is 2.25. The quantitative estimate of drug-likeness (QED) is 0.419. The molecule has 2 rings (SSSR count). The smallest absolute Gasteiger partial charge is 0.344 e. The Kier molecular flexibility index (Phi) is 7.79. The Morgan fingerprint density at radius 1 is 1.21 bits per heavy atom. The highest BCUT2D eigenvalue weighted by Gasteiger charge is 2.21. The van der Waals surface area contributed by atoms with Crippen LogP contribution in [0.5, 0.6) is 17.4 Å². The molecule has 0 saturated carbocycles. The van der Waals surface area contributed by atoms with Crippen LogP contribution in [-0.2, 0) is 20.7 Å². The summed E-state index contributed by atoms with van der Waals surface area (Å²) in [5.41, 5.74) is 6.55. The zero-order chi connectivity index (χ0) is 21.4. The molecule has 0 radical (unpaired) electrons. The highest BCUT2D eigenvalue weighted by atomic mass is 16.6. The van der Waals surface area contributed by atoms with Crippen LogP contribution < -0.4 is 10.5 Å². The number of nitrogens with zero attached hydrogens (tertiary/aromatic N) is 1. The van der Waals surface area contributed by atoms with E-state index in [0.717, 1.165) is 0 Å². The number of rotatable bonds is 9. The van der Waals surface area contributed by atoms with Crippen molar-refractivity contribution in [3.05, 3.63) is 47.7 Å². The zero-order valence-corrected chi connectivity index (χ0v) is 16.2. The Hall–Kier alpha value is -3.33. The summed E-state index contributed by atoms with van der Waals surface area (Å²) in [4.78, 5) is 28.3. The summed E-state index contributed by atoms with van der Waals surface area (Å²) in [6.07, 6.45) is 0.891. The summed E-state index contributed by atoms with van der Waals surface area (Å²) in [7, 11) is 0. The molecule has 156 valence electrons. The van der Waals surface area contributed by atoms with Gasteiger partial charge in [0, 0.05) is 6.20 Å². The topological polar surface area (TPSA) is 141 Å². The zero-order valence-electron chi connectivity index (χ0n) is 16.2. The molecule has 9 heteroatoms. The van der Waals surface area contributed by atoms with Crippen molar-refractivity contribution in [3.63, 3.8) is 0 Å². The van der Waals surface area contributed by atoms with E-state index in [1.807, 2.05) is 0 Å². The van der Waals surface area contributed by atoms with Crippen LogP contribution in [0.25, 0.3) is 0 Å². The predicted molar refractivity (Wildman–Crippen MR) is 103 cm³/mol. The van der Waals surface area contributed by atoms with E-state index in [2.05, 4.69) is 4.98 Å². The van der Waals surface area contributed by atoms with Crippen LogP contribution in [0.2, 0.25) is 0 Å². The summed E-state index contributed by atoms with van der Waals surface area (Å²) in [6.45, 7) is 3.52. The van der Waals surface area contributed by atoms with Crippen LogP contribution in [0.3, 0.4) is 0 Å². The lowest BCUT2D eigenvalue weighted by Gasteiger charge is -2.16. The number of pyridine rings is 1. The monoisotopic (exact) mass is 404 g/mol.